The van der Waals surface area contributed by atoms with Gasteiger partial charge in [0.15, 0.2) is 0 Å². The van der Waals surface area contributed by atoms with Crippen LogP contribution in [0.25, 0.3) is 82.9 Å². The van der Waals surface area contributed by atoms with E-state index in [0.29, 0.717) is 5.95 Å². The number of anilines is 3. The standard InChI is InChI=1S/C47H29N5/c1-3-14-30(15-4-1)39-29-40(31-26-27-43-37(28-31)34-19-8-11-23-41(34)51(43)32-16-5-2-6-17-32)50-47(49-39)52-42-24-12-9-20-36(42)46-45-35(21-13-25-44(45)52)33-18-7-10-22-38(33)48-46/h1-29H. The zero-order valence-electron chi connectivity index (χ0n) is 28.0. The van der Waals surface area contributed by atoms with Crippen molar-refractivity contribution in [3.63, 3.8) is 0 Å². The molecule has 0 unspecified atom stereocenters. The van der Waals surface area contributed by atoms with Gasteiger partial charge >= 0.3 is 0 Å². The maximum absolute atomic E-state index is 5.41. The van der Waals surface area contributed by atoms with Gasteiger partial charge in [-0.25, -0.2) is 15.0 Å². The molecule has 7 aromatic carbocycles. The molecule has 1 aliphatic heterocycles. The minimum atomic E-state index is 0.613. The molecule has 0 radical (unpaired) electrons. The maximum Gasteiger partial charge on any atom is 0.235 e. The summed E-state index contributed by atoms with van der Waals surface area (Å²) in [6.45, 7) is 0. The highest BCUT2D eigenvalue weighted by Gasteiger charge is 2.30. The second kappa shape index (κ2) is 11.2. The molecule has 242 valence electrons. The normalized spacial score (nSPS) is 12.2. The van der Waals surface area contributed by atoms with E-state index in [0.717, 1.165) is 78.0 Å². The van der Waals surface area contributed by atoms with Crippen LogP contribution in [-0.4, -0.2) is 19.5 Å². The Morgan fingerprint density at radius 2 is 1.06 bits per heavy atom. The average Bonchev–Trinajstić information content (AvgIpc) is 3.55. The predicted octanol–water partition coefficient (Wildman–Crippen LogP) is 12.1. The Kier molecular flexibility index (Phi) is 6.18. The lowest BCUT2D eigenvalue weighted by atomic mass is 9.93. The van der Waals surface area contributed by atoms with Crippen molar-refractivity contribution >= 4 is 60.8 Å². The van der Waals surface area contributed by atoms with Crippen LogP contribution >= 0.6 is 0 Å². The van der Waals surface area contributed by atoms with Crippen molar-refractivity contribution < 1.29 is 0 Å². The summed E-state index contributed by atoms with van der Waals surface area (Å²) in [4.78, 5) is 18.2. The molecule has 0 N–H and O–H groups in total. The zero-order valence-corrected chi connectivity index (χ0v) is 28.0. The highest BCUT2D eigenvalue weighted by Crippen LogP contribution is 2.51. The third-order valence-corrected chi connectivity index (χ3v) is 10.3. The van der Waals surface area contributed by atoms with Gasteiger partial charge in [-0.3, -0.25) is 4.90 Å². The highest BCUT2D eigenvalue weighted by atomic mass is 15.3. The van der Waals surface area contributed by atoms with Crippen molar-refractivity contribution in [3.8, 4) is 39.5 Å². The molecular formula is C47H29N5. The minimum absolute atomic E-state index is 0.613. The summed E-state index contributed by atoms with van der Waals surface area (Å²) < 4.78 is 2.34. The number of benzene rings is 7. The van der Waals surface area contributed by atoms with E-state index in [2.05, 4.69) is 179 Å². The summed E-state index contributed by atoms with van der Waals surface area (Å²) in [6.07, 6.45) is 0. The lowest BCUT2D eigenvalue weighted by Crippen LogP contribution is -2.18. The van der Waals surface area contributed by atoms with Gasteiger partial charge in [0.2, 0.25) is 5.95 Å². The van der Waals surface area contributed by atoms with Crippen LogP contribution in [0.15, 0.2) is 176 Å². The Hall–Kier alpha value is -7.11. The largest absolute Gasteiger partial charge is 0.309 e. The number of hydrogen-bond acceptors (Lipinski definition) is 4. The maximum atomic E-state index is 5.41. The third-order valence-electron chi connectivity index (χ3n) is 10.3. The van der Waals surface area contributed by atoms with Crippen LogP contribution in [0.3, 0.4) is 0 Å². The summed E-state index contributed by atoms with van der Waals surface area (Å²) in [7, 11) is 0. The van der Waals surface area contributed by atoms with E-state index in [-0.39, 0.29) is 0 Å². The molecule has 5 nitrogen and oxygen atoms in total. The first kappa shape index (κ1) is 28.7. The van der Waals surface area contributed by atoms with Gasteiger partial charge in [-0.2, -0.15) is 0 Å². The predicted molar refractivity (Wildman–Crippen MR) is 214 cm³/mol. The molecule has 1 aliphatic rings. The molecule has 4 heterocycles. The van der Waals surface area contributed by atoms with Crippen LogP contribution in [0.2, 0.25) is 0 Å². The Bertz CT molecular complexity index is 3020. The van der Waals surface area contributed by atoms with Gasteiger partial charge < -0.3 is 4.57 Å². The second-order valence-corrected chi connectivity index (χ2v) is 13.3. The number of aromatic nitrogens is 4. The fourth-order valence-electron chi connectivity index (χ4n) is 8.01. The van der Waals surface area contributed by atoms with E-state index in [1.54, 1.807) is 0 Å². The van der Waals surface area contributed by atoms with Crippen LogP contribution in [0.5, 0.6) is 0 Å². The van der Waals surface area contributed by atoms with Crippen LogP contribution < -0.4 is 4.90 Å². The van der Waals surface area contributed by atoms with Crippen molar-refractivity contribution in [2.75, 3.05) is 4.90 Å². The number of rotatable bonds is 4. The van der Waals surface area contributed by atoms with E-state index >= 15 is 0 Å². The molecule has 0 bridgehead atoms. The summed E-state index contributed by atoms with van der Waals surface area (Å²) >= 11 is 0. The van der Waals surface area contributed by atoms with E-state index in [1.165, 1.54) is 16.3 Å². The number of para-hydroxylation sites is 4. The summed E-state index contributed by atoms with van der Waals surface area (Å²) in [5.74, 6) is 0.613. The fraction of sp³-hybridized carbons (Fsp3) is 0. The Labute approximate surface area is 299 Å². The van der Waals surface area contributed by atoms with Crippen LogP contribution in [0.4, 0.5) is 17.3 Å². The Morgan fingerprint density at radius 3 is 1.92 bits per heavy atom. The number of pyridine rings is 1. The van der Waals surface area contributed by atoms with Gasteiger partial charge in [-0.15, -0.1) is 0 Å². The molecule has 0 saturated carbocycles. The number of nitrogens with zero attached hydrogens (tertiary/aromatic N) is 5. The number of hydrogen-bond donors (Lipinski definition) is 0. The molecular weight excluding hydrogens is 635 g/mol. The van der Waals surface area contributed by atoms with Crippen molar-refractivity contribution in [2.45, 2.75) is 0 Å². The average molecular weight is 664 g/mol. The Morgan fingerprint density at radius 1 is 0.404 bits per heavy atom. The first-order valence-electron chi connectivity index (χ1n) is 17.5. The first-order valence-corrected chi connectivity index (χ1v) is 17.5. The molecule has 0 fully saturated rings. The summed E-state index contributed by atoms with van der Waals surface area (Å²) in [5.41, 5.74) is 12.3. The molecule has 5 heteroatoms. The zero-order chi connectivity index (χ0) is 34.2. The van der Waals surface area contributed by atoms with Crippen molar-refractivity contribution in [1.29, 1.82) is 0 Å². The monoisotopic (exact) mass is 663 g/mol. The van der Waals surface area contributed by atoms with Crippen LogP contribution in [0.1, 0.15) is 0 Å². The van der Waals surface area contributed by atoms with Crippen LogP contribution in [0, 0.1) is 0 Å². The van der Waals surface area contributed by atoms with E-state index in [1.807, 2.05) is 6.07 Å². The molecule has 0 amide bonds. The lowest BCUT2D eigenvalue weighted by molar-refractivity contribution is 1.09. The molecule has 52 heavy (non-hydrogen) atoms. The third kappa shape index (κ3) is 4.26. The van der Waals surface area contributed by atoms with Gasteiger partial charge in [-0.1, -0.05) is 121 Å². The first-order chi connectivity index (χ1) is 25.8. The molecule has 10 aromatic rings. The lowest BCUT2D eigenvalue weighted by Gasteiger charge is -2.32. The fourth-order valence-corrected chi connectivity index (χ4v) is 8.01. The quantitative estimate of drug-likeness (QED) is 0.176. The number of fused-ring (bicyclic) bond motifs is 7. The highest BCUT2D eigenvalue weighted by molar-refractivity contribution is 6.20. The molecule has 0 spiro atoms. The minimum Gasteiger partial charge on any atom is -0.309 e. The van der Waals surface area contributed by atoms with Gasteiger partial charge in [0.1, 0.15) is 0 Å². The van der Waals surface area contributed by atoms with Crippen molar-refractivity contribution in [1.82, 2.24) is 19.5 Å². The molecule has 3 aromatic heterocycles. The van der Waals surface area contributed by atoms with Gasteiger partial charge in [-0.05, 0) is 60.0 Å². The summed E-state index contributed by atoms with van der Waals surface area (Å²) in [5, 5.41) is 5.78. The summed E-state index contributed by atoms with van der Waals surface area (Å²) in [6, 6.07) is 61.8. The molecule has 0 atom stereocenters. The molecule has 0 aliphatic carbocycles. The van der Waals surface area contributed by atoms with Gasteiger partial charge in [0, 0.05) is 43.9 Å². The molecule has 0 saturated heterocycles. The Balaban J connectivity index is 1.18. The van der Waals surface area contributed by atoms with Crippen LogP contribution in [-0.2, 0) is 0 Å². The van der Waals surface area contributed by atoms with E-state index < -0.39 is 0 Å². The van der Waals surface area contributed by atoms with Gasteiger partial charge in [0.25, 0.3) is 0 Å². The second-order valence-electron chi connectivity index (χ2n) is 13.3. The van der Waals surface area contributed by atoms with Crippen molar-refractivity contribution in [2.24, 2.45) is 0 Å². The molecule has 11 rings (SSSR count). The topological polar surface area (TPSA) is 46.8 Å². The smallest absolute Gasteiger partial charge is 0.235 e. The van der Waals surface area contributed by atoms with E-state index in [4.69, 9.17) is 15.0 Å². The van der Waals surface area contributed by atoms with E-state index in [9.17, 15) is 0 Å². The van der Waals surface area contributed by atoms with Crippen molar-refractivity contribution in [3.05, 3.63) is 176 Å². The SMILES string of the molecule is c1ccc(-c2cc(-c3ccc4c(c3)c3ccccc3n4-c3ccccc3)nc(N3c4ccccc4-c4nc5ccccc5c5cccc3c45)n2)cc1. The van der Waals surface area contributed by atoms with Gasteiger partial charge in [0.05, 0.1) is 45.0 Å².